The van der Waals surface area contributed by atoms with Crippen LogP contribution in [0.2, 0.25) is 5.02 Å². The zero-order valence-corrected chi connectivity index (χ0v) is 14.7. The molecule has 0 fully saturated rings. The first-order chi connectivity index (χ1) is 10.1. The van der Waals surface area contributed by atoms with E-state index in [9.17, 15) is 4.39 Å². The number of hydrogen-bond acceptors (Lipinski definition) is 2. The number of nitrogens with one attached hydrogen (secondary N) is 1. The zero-order chi connectivity index (χ0) is 15.2. The molecule has 1 N–H and O–H groups in total. The summed E-state index contributed by atoms with van der Waals surface area (Å²) < 4.78 is 14.8. The van der Waals surface area contributed by atoms with Crippen LogP contribution in [0.5, 0.6) is 0 Å². The summed E-state index contributed by atoms with van der Waals surface area (Å²) >= 11 is 11.1. The molecule has 0 saturated carbocycles. The highest BCUT2D eigenvalue weighted by Crippen LogP contribution is 2.24. The summed E-state index contributed by atoms with van der Waals surface area (Å²) in [7, 11) is 1.90. The van der Waals surface area contributed by atoms with Crippen LogP contribution in [0.4, 0.5) is 4.39 Å². The van der Waals surface area contributed by atoms with Crippen molar-refractivity contribution in [3.05, 3.63) is 63.3 Å². The van der Waals surface area contributed by atoms with Gasteiger partial charge >= 0.3 is 0 Å². The van der Waals surface area contributed by atoms with Crippen LogP contribution in [-0.2, 0) is 6.42 Å². The molecule has 1 unspecified atom stereocenters. The third-order valence-corrected chi connectivity index (χ3v) is 5.01. The normalized spacial score (nSPS) is 12.4. The molecule has 2 rings (SSSR count). The first-order valence-corrected chi connectivity index (χ1v) is 8.73. The predicted molar refractivity (Wildman–Crippen MR) is 92.8 cm³/mol. The molecule has 0 aromatic heterocycles. The molecule has 0 spiro atoms. The second kappa shape index (κ2) is 8.18. The van der Waals surface area contributed by atoms with Gasteiger partial charge in [-0.3, -0.25) is 0 Å². The van der Waals surface area contributed by atoms with Crippen LogP contribution < -0.4 is 5.32 Å². The van der Waals surface area contributed by atoms with Gasteiger partial charge in [0.1, 0.15) is 5.82 Å². The van der Waals surface area contributed by atoms with Crippen LogP contribution in [-0.4, -0.2) is 18.8 Å². The molecule has 0 aliphatic rings. The van der Waals surface area contributed by atoms with E-state index in [1.807, 2.05) is 19.2 Å². The Morgan fingerprint density at radius 1 is 1.29 bits per heavy atom. The Kier molecular flexibility index (Phi) is 6.55. The van der Waals surface area contributed by atoms with Crippen LogP contribution >= 0.6 is 39.3 Å². The average Bonchev–Trinajstić information content (AvgIpc) is 2.47. The molecule has 0 saturated heterocycles. The van der Waals surface area contributed by atoms with Crippen molar-refractivity contribution in [3.8, 4) is 0 Å². The molecule has 1 atom stereocenters. The lowest BCUT2D eigenvalue weighted by Crippen LogP contribution is -2.30. The van der Waals surface area contributed by atoms with E-state index in [1.54, 1.807) is 23.9 Å². The van der Waals surface area contributed by atoms with Crippen molar-refractivity contribution < 1.29 is 4.39 Å². The first kappa shape index (κ1) is 16.8. The van der Waals surface area contributed by atoms with E-state index in [-0.39, 0.29) is 11.9 Å². The maximum absolute atomic E-state index is 13.8. The van der Waals surface area contributed by atoms with Gasteiger partial charge in [-0.05, 0) is 55.4 Å². The third kappa shape index (κ3) is 5.29. The van der Waals surface area contributed by atoms with Gasteiger partial charge in [0.25, 0.3) is 0 Å². The van der Waals surface area contributed by atoms with Crippen molar-refractivity contribution in [1.29, 1.82) is 0 Å². The first-order valence-electron chi connectivity index (χ1n) is 6.58. The summed E-state index contributed by atoms with van der Waals surface area (Å²) in [4.78, 5) is 1.19. The van der Waals surface area contributed by atoms with Crippen molar-refractivity contribution in [2.45, 2.75) is 17.4 Å². The van der Waals surface area contributed by atoms with Gasteiger partial charge in [-0.25, -0.2) is 4.39 Å². The van der Waals surface area contributed by atoms with Crippen LogP contribution in [0.1, 0.15) is 5.56 Å². The van der Waals surface area contributed by atoms with E-state index < -0.39 is 0 Å². The van der Waals surface area contributed by atoms with E-state index in [0.717, 1.165) is 10.2 Å². The zero-order valence-electron chi connectivity index (χ0n) is 11.6. The second-order valence-electron chi connectivity index (χ2n) is 4.69. The fraction of sp³-hybridized carbons (Fsp3) is 0.250. The Morgan fingerprint density at radius 2 is 2.10 bits per heavy atom. The van der Waals surface area contributed by atoms with Crippen LogP contribution in [0.25, 0.3) is 0 Å². The monoisotopic (exact) mass is 387 g/mol. The molecule has 2 aromatic rings. The smallest absolute Gasteiger partial charge is 0.126 e. The lowest BCUT2D eigenvalue weighted by molar-refractivity contribution is 0.568. The van der Waals surface area contributed by atoms with Gasteiger partial charge in [-0.1, -0.05) is 33.6 Å². The molecular weight excluding hydrogens is 373 g/mol. The lowest BCUT2D eigenvalue weighted by atomic mass is 10.1. The minimum atomic E-state index is -0.202. The lowest BCUT2D eigenvalue weighted by Gasteiger charge is -2.16. The van der Waals surface area contributed by atoms with Crippen molar-refractivity contribution >= 4 is 39.3 Å². The molecule has 0 bridgehead atoms. The van der Waals surface area contributed by atoms with Gasteiger partial charge < -0.3 is 5.32 Å². The topological polar surface area (TPSA) is 12.0 Å². The summed E-state index contributed by atoms with van der Waals surface area (Å²) in [6, 6.07) is 13.0. The SMILES string of the molecule is CNC(CSc1cccc(Br)c1)Cc1cc(Cl)ccc1F. The van der Waals surface area contributed by atoms with Crippen LogP contribution in [0.3, 0.4) is 0 Å². The molecule has 0 radical (unpaired) electrons. The summed E-state index contributed by atoms with van der Waals surface area (Å²) in [6.07, 6.45) is 0.615. The third-order valence-electron chi connectivity index (χ3n) is 3.13. The van der Waals surface area contributed by atoms with Crippen molar-refractivity contribution in [3.63, 3.8) is 0 Å². The van der Waals surface area contributed by atoms with Gasteiger partial charge in [0.2, 0.25) is 0 Å². The predicted octanol–water partition coefficient (Wildman–Crippen LogP) is 5.16. The number of benzene rings is 2. The maximum atomic E-state index is 13.8. The number of hydrogen-bond donors (Lipinski definition) is 1. The van der Waals surface area contributed by atoms with E-state index in [1.165, 1.54) is 11.0 Å². The highest BCUT2D eigenvalue weighted by molar-refractivity contribution is 9.10. The Balaban J connectivity index is 1.98. The minimum Gasteiger partial charge on any atom is -0.316 e. The Bertz CT molecular complexity index is 609. The molecule has 0 aliphatic carbocycles. The number of thioether (sulfide) groups is 1. The Morgan fingerprint density at radius 3 is 2.81 bits per heavy atom. The van der Waals surface area contributed by atoms with Gasteiger partial charge in [0.05, 0.1) is 0 Å². The van der Waals surface area contributed by atoms with Crippen LogP contribution in [0, 0.1) is 5.82 Å². The van der Waals surface area contributed by atoms with Gasteiger partial charge in [-0.15, -0.1) is 11.8 Å². The molecule has 21 heavy (non-hydrogen) atoms. The number of likely N-dealkylation sites (N-methyl/N-ethyl adjacent to an activating group) is 1. The molecule has 112 valence electrons. The Labute approximate surface area is 142 Å². The molecule has 0 heterocycles. The highest BCUT2D eigenvalue weighted by atomic mass is 79.9. The minimum absolute atomic E-state index is 0.182. The largest absolute Gasteiger partial charge is 0.316 e. The molecular formula is C16H16BrClFNS. The molecule has 1 nitrogen and oxygen atoms in total. The molecule has 5 heteroatoms. The average molecular weight is 389 g/mol. The van der Waals surface area contributed by atoms with Gasteiger partial charge in [0.15, 0.2) is 0 Å². The summed E-state index contributed by atoms with van der Waals surface area (Å²) in [6.45, 7) is 0. The standard InChI is InChI=1S/C16H16BrClFNS/c1-20-14(8-11-7-13(18)5-6-16(11)19)10-21-15-4-2-3-12(17)9-15/h2-7,9,14,20H,8,10H2,1H3. The fourth-order valence-electron chi connectivity index (χ4n) is 1.96. The van der Waals surface area contributed by atoms with E-state index >= 15 is 0 Å². The van der Waals surface area contributed by atoms with E-state index in [0.29, 0.717) is 17.0 Å². The van der Waals surface area contributed by atoms with Crippen molar-refractivity contribution in [2.75, 3.05) is 12.8 Å². The van der Waals surface area contributed by atoms with Crippen molar-refractivity contribution in [1.82, 2.24) is 5.32 Å². The summed E-state index contributed by atoms with van der Waals surface area (Å²) in [5, 5.41) is 3.81. The van der Waals surface area contributed by atoms with Crippen LogP contribution in [0.15, 0.2) is 51.8 Å². The van der Waals surface area contributed by atoms with E-state index in [4.69, 9.17) is 11.6 Å². The maximum Gasteiger partial charge on any atom is 0.126 e. The Hall–Kier alpha value is -0.550. The fourth-order valence-corrected chi connectivity index (χ4v) is 3.77. The summed E-state index contributed by atoms with van der Waals surface area (Å²) in [5.74, 6) is 0.658. The molecule has 0 amide bonds. The second-order valence-corrected chi connectivity index (χ2v) is 7.14. The quantitative estimate of drug-likeness (QED) is 0.686. The van der Waals surface area contributed by atoms with Gasteiger partial charge in [-0.2, -0.15) is 0 Å². The van der Waals surface area contributed by atoms with Crippen molar-refractivity contribution in [2.24, 2.45) is 0 Å². The number of halogens is 3. The molecule has 0 aliphatic heterocycles. The van der Waals surface area contributed by atoms with E-state index in [2.05, 4.69) is 33.4 Å². The molecule has 2 aromatic carbocycles. The highest BCUT2D eigenvalue weighted by Gasteiger charge is 2.12. The summed E-state index contributed by atoms with van der Waals surface area (Å²) in [5.41, 5.74) is 0.650. The van der Waals surface area contributed by atoms with Gasteiger partial charge in [0, 0.05) is 26.2 Å². The number of rotatable bonds is 6.